The number of quaternary nitrogens is 1. The van der Waals surface area contributed by atoms with Crippen LogP contribution in [0, 0.1) is 24.0 Å². The van der Waals surface area contributed by atoms with E-state index in [1.165, 1.54) is 16.7 Å². The highest BCUT2D eigenvalue weighted by Gasteiger charge is 2.33. The van der Waals surface area contributed by atoms with Gasteiger partial charge in [-0.1, -0.05) is 6.07 Å². The Labute approximate surface area is 152 Å². The number of aromatic nitrogens is 1. The average Bonchev–Trinajstić information content (AvgIpc) is 3.20. The Kier molecular flexibility index (Phi) is 5.08. The van der Waals surface area contributed by atoms with Crippen LogP contribution in [0.5, 0.6) is 0 Å². The summed E-state index contributed by atoms with van der Waals surface area (Å²) in [6.07, 6.45) is 4.14. The normalized spacial score (nSPS) is 19.5. The van der Waals surface area contributed by atoms with Crippen molar-refractivity contribution < 1.29 is 14.6 Å². The Hall–Kier alpha value is -2.67. The summed E-state index contributed by atoms with van der Waals surface area (Å²) in [6, 6.07) is 7.57. The maximum absolute atomic E-state index is 12.6. The van der Waals surface area contributed by atoms with Crippen molar-refractivity contribution >= 4 is 17.3 Å². The van der Waals surface area contributed by atoms with E-state index in [4.69, 9.17) is 0 Å². The molecule has 1 aromatic heterocycles. The molecule has 2 N–H and O–H groups in total. The second kappa shape index (κ2) is 7.29. The zero-order valence-corrected chi connectivity index (χ0v) is 15.4. The highest BCUT2D eigenvalue weighted by Crippen LogP contribution is 2.30. The number of carbonyl (C=O) groups excluding carboxylic acids is 1. The van der Waals surface area contributed by atoms with Gasteiger partial charge in [-0.15, -0.1) is 0 Å². The van der Waals surface area contributed by atoms with Crippen LogP contribution in [0.15, 0.2) is 30.5 Å². The topological polar surface area (TPSA) is 81.6 Å². The Morgan fingerprint density at radius 1 is 1.38 bits per heavy atom. The van der Waals surface area contributed by atoms with E-state index < -0.39 is 4.92 Å². The number of benzene rings is 1. The van der Waals surface area contributed by atoms with Crippen LogP contribution < -0.4 is 10.2 Å². The van der Waals surface area contributed by atoms with Gasteiger partial charge in [0.05, 0.1) is 17.2 Å². The van der Waals surface area contributed by atoms with Gasteiger partial charge in [-0.2, -0.15) is 0 Å². The molecule has 1 fully saturated rings. The lowest BCUT2D eigenvalue weighted by Gasteiger charge is -2.22. The number of nitro groups is 1. The molecule has 7 heteroatoms. The van der Waals surface area contributed by atoms with Crippen molar-refractivity contribution in [2.24, 2.45) is 7.05 Å². The zero-order chi connectivity index (χ0) is 18.8. The molecule has 3 rings (SSSR count). The molecule has 7 nitrogen and oxygen atoms in total. The van der Waals surface area contributed by atoms with Gasteiger partial charge in [-0.25, -0.2) is 0 Å². The molecule has 138 valence electrons. The van der Waals surface area contributed by atoms with Gasteiger partial charge in [-0.05, 0) is 37.1 Å². The van der Waals surface area contributed by atoms with E-state index in [0.29, 0.717) is 12.2 Å². The van der Waals surface area contributed by atoms with Crippen LogP contribution in [0.1, 0.15) is 35.7 Å². The molecule has 1 aliphatic rings. The summed E-state index contributed by atoms with van der Waals surface area (Å²) in [5.41, 5.74) is 3.14. The number of carbonyl (C=O) groups is 1. The Morgan fingerprint density at radius 3 is 2.81 bits per heavy atom. The minimum Gasteiger partial charge on any atom is -0.350 e. The van der Waals surface area contributed by atoms with Crippen molar-refractivity contribution in [3.8, 4) is 0 Å². The lowest BCUT2D eigenvalue weighted by molar-refractivity contribution is -0.910. The molecule has 26 heavy (non-hydrogen) atoms. The largest absolute Gasteiger partial charge is 0.350 e. The van der Waals surface area contributed by atoms with Crippen LogP contribution in [0.25, 0.3) is 0 Å². The molecular weight excluding hydrogens is 332 g/mol. The number of amides is 1. The number of likely N-dealkylation sites (tertiary alicyclic amines) is 1. The molecule has 0 spiro atoms. The van der Waals surface area contributed by atoms with Gasteiger partial charge in [0, 0.05) is 32.2 Å². The quantitative estimate of drug-likeness (QED) is 0.633. The van der Waals surface area contributed by atoms with Crippen molar-refractivity contribution in [3.63, 3.8) is 0 Å². The fraction of sp³-hybridized carbons (Fsp3) is 0.421. The predicted octanol–water partition coefficient (Wildman–Crippen LogP) is 1.91. The summed E-state index contributed by atoms with van der Waals surface area (Å²) in [6.45, 7) is 4.91. The van der Waals surface area contributed by atoms with E-state index in [1.807, 2.05) is 26.2 Å². The van der Waals surface area contributed by atoms with E-state index in [9.17, 15) is 14.9 Å². The second-order valence-corrected chi connectivity index (χ2v) is 7.03. The maximum atomic E-state index is 12.6. The minimum absolute atomic E-state index is 0.0585. The van der Waals surface area contributed by atoms with Gasteiger partial charge in [0.2, 0.25) is 0 Å². The van der Waals surface area contributed by atoms with Gasteiger partial charge in [-0.3, -0.25) is 14.9 Å². The number of rotatable bonds is 5. The first-order valence-corrected chi connectivity index (χ1v) is 8.88. The molecule has 0 aliphatic carbocycles. The summed E-state index contributed by atoms with van der Waals surface area (Å²) < 4.78 is 2.10. The van der Waals surface area contributed by atoms with Crippen LogP contribution in [-0.2, 0) is 11.8 Å². The van der Waals surface area contributed by atoms with Crippen LogP contribution >= 0.6 is 0 Å². The third kappa shape index (κ3) is 3.48. The molecule has 2 aromatic rings. The first-order valence-electron chi connectivity index (χ1n) is 8.88. The number of hydrogen-bond acceptors (Lipinski definition) is 3. The van der Waals surface area contributed by atoms with E-state index in [1.54, 1.807) is 13.0 Å². The molecule has 1 aliphatic heterocycles. The third-order valence-corrected chi connectivity index (χ3v) is 5.39. The van der Waals surface area contributed by atoms with E-state index in [2.05, 4.69) is 16.0 Å². The highest BCUT2D eigenvalue weighted by atomic mass is 16.6. The van der Waals surface area contributed by atoms with Crippen molar-refractivity contribution in [3.05, 3.63) is 57.4 Å². The summed E-state index contributed by atoms with van der Waals surface area (Å²) in [5.74, 6) is -0.182. The molecular formula is C19H25N4O3+. The number of anilines is 1. The van der Waals surface area contributed by atoms with Crippen LogP contribution in [0.3, 0.4) is 0 Å². The number of nitrogens with zero attached hydrogens (tertiary/aromatic N) is 2. The SMILES string of the molecule is Cc1ccc([N+](=O)[O-])c(NC(=O)C[NH+]2CCC[C@@H]2c2cccn2C)c1C. The van der Waals surface area contributed by atoms with Gasteiger partial charge in [0.1, 0.15) is 11.7 Å². The lowest BCUT2D eigenvalue weighted by Crippen LogP contribution is -3.11. The molecule has 1 saturated heterocycles. The first kappa shape index (κ1) is 18.1. The molecule has 0 saturated carbocycles. The fourth-order valence-corrected chi connectivity index (χ4v) is 3.82. The Morgan fingerprint density at radius 2 is 2.15 bits per heavy atom. The fourth-order valence-electron chi connectivity index (χ4n) is 3.82. The molecule has 1 unspecified atom stereocenters. The van der Waals surface area contributed by atoms with E-state index in [-0.39, 0.29) is 17.6 Å². The molecule has 2 atom stereocenters. The third-order valence-electron chi connectivity index (χ3n) is 5.39. The predicted molar refractivity (Wildman–Crippen MR) is 99.3 cm³/mol. The highest BCUT2D eigenvalue weighted by molar-refractivity contribution is 5.95. The standard InChI is InChI=1S/C19H24N4O3/c1-13-8-9-17(23(25)26)19(14(13)2)20-18(24)12-22-11-5-7-16(22)15-6-4-10-21(15)3/h4,6,8-10,16H,5,7,11-12H2,1-3H3,(H,20,24)/p+1/t16-/m1/s1. The van der Waals surface area contributed by atoms with Gasteiger partial charge >= 0.3 is 0 Å². The summed E-state index contributed by atoms with van der Waals surface area (Å²) in [4.78, 5) is 24.7. The molecule has 1 amide bonds. The molecule has 0 radical (unpaired) electrons. The zero-order valence-electron chi connectivity index (χ0n) is 15.4. The monoisotopic (exact) mass is 357 g/mol. The smallest absolute Gasteiger partial charge is 0.293 e. The van der Waals surface area contributed by atoms with Crippen LogP contribution in [-0.4, -0.2) is 28.5 Å². The number of nitro benzene ring substituents is 1. The van der Waals surface area contributed by atoms with Gasteiger partial charge < -0.3 is 14.8 Å². The van der Waals surface area contributed by atoms with Crippen molar-refractivity contribution in [2.75, 3.05) is 18.4 Å². The maximum Gasteiger partial charge on any atom is 0.293 e. The van der Waals surface area contributed by atoms with Crippen molar-refractivity contribution in [1.29, 1.82) is 0 Å². The van der Waals surface area contributed by atoms with Crippen LogP contribution in [0.2, 0.25) is 0 Å². The summed E-state index contributed by atoms with van der Waals surface area (Å²) >= 11 is 0. The second-order valence-electron chi connectivity index (χ2n) is 7.03. The number of hydrogen-bond donors (Lipinski definition) is 2. The lowest BCUT2D eigenvalue weighted by atomic mass is 10.1. The Bertz CT molecular complexity index is 843. The Balaban J connectivity index is 1.76. The summed E-state index contributed by atoms with van der Waals surface area (Å²) in [7, 11) is 2.02. The first-order chi connectivity index (χ1) is 12.4. The molecule has 1 aromatic carbocycles. The molecule has 0 bridgehead atoms. The number of aryl methyl sites for hydroxylation is 2. The average molecular weight is 357 g/mol. The summed E-state index contributed by atoms with van der Waals surface area (Å²) in [5, 5.41) is 14.1. The van der Waals surface area contributed by atoms with Crippen molar-refractivity contribution in [1.82, 2.24) is 4.57 Å². The van der Waals surface area contributed by atoms with Crippen LogP contribution in [0.4, 0.5) is 11.4 Å². The van der Waals surface area contributed by atoms with Gasteiger partial charge in [0.15, 0.2) is 6.54 Å². The van der Waals surface area contributed by atoms with E-state index in [0.717, 1.165) is 30.5 Å². The van der Waals surface area contributed by atoms with Gasteiger partial charge in [0.25, 0.3) is 11.6 Å². The molecule has 2 heterocycles. The van der Waals surface area contributed by atoms with Crippen molar-refractivity contribution in [2.45, 2.75) is 32.7 Å². The number of nitrogens with one attached hydrogen (secondary N) is 2. The minimum atomic E-state index is -0.447. The van der Waals surface area contributed by atoms with E-state index >= 15 is 0 Å².